The van der Waals surface area contributed by atoms with Gasteiger partial charge in [-0.15, -0.1) is 11.3 Å². The zero-order valence-corrected chi connectivity index (χ0v) is 14.8. The van der Waals surface area contributed by atoms with E-state index in [1.165, 1.54) is 0 Å². The van der Waals surface area contributed by atoms with Gasteiger partial charge in [-0.2, -0.15) is 0 Å². The van der Waals surface area contributed by atoms with Crippen molar-refractivity contribution in [2.75, 3.05) is 6.54 Å². The normalized spacial score (nSPS) is 12.2. The Morgan fingerprint density at radius 2 is 2.08 bits per heavy atom. The van der Waals surface area contributed by atoms with E-state index in [1.807, 2.05) is 32.2 Å². The number of nitrogens with zero attached hydrogens (tertiary/aromatic N) is 1. The molecule has 0 saturated carbocycles. The van der Waals surface area contributed by atoms with Crippen LogP contribution in [-0.4, -0.2) is 29.4 Å². The Morgan fingerprint density at radius 1 is 1.33 bits per heavy atom. The van der Waals surface area contributed by atoms with Crippen LogP contribution in [0.25, 0.3) is 11.5 Å². The number of nitrogens with two attached hydrogens (primary N) is 1. The predicted octanol–water partition coefficient (Wildman–Crippen LogP) is 1.43. The molecule has 1 atom stereocenters. The SMILES string of the molecule is Cc1nc(-c2ccc(CNC(=O)CNC(=O)[C@@H](N)C(C)C)o2)cs1. The Morgan fingerprint density at radius 3 is 2.71 bits per heavy atom. The molecule has 8 heteroatoms. The molecule has 130 valence electrons. The van der Waals surface area contributed by atoms with Crippen LogP contribution in [-0.2, 0) is 16.1 Å². The molecule has 0 spiro atoms. The molecule has 7 nitrogen and oxygen atoms in total. The van der Waals surface area contributed by atoms with Gasteiger partial charge in [-0.3, -0.25) is 9.59 Å². The van der Waals surface area contributed by atoms with Crippen molar-refractivity contribution in [2.45, 2.75) is 33.4 Å². The minimum absolute atomic E-state index is 0.0175. The van der Waals surface area contributed by atoms with Crippen molar-refractivity contribution in [3.8, 4) is 11.5 Å². The lowest BCUT2D eigenvalue weighted by molar-refractivity contribution is -0.127. The standard InChI is InChI=1S/C16H22N4O3S/c1-9(2)15(17)16(22)19-7-14(21)18-6-11-4-5-13(23-11)12-8-24-10(3)20-12/h4-5,8-9,15H,6-7,17H2,1-3H3,(H,18,21)(H,19,22)/t15-/m0/s1. The van der Waals surface area contributed by atoms with E-state index in [1.54, 1.807) is 17.4 Å². The Labute approximate surface area is 144 Å². The zero-order valence-electron chi connectivity index (χ0n) is 14.0. The molecule has 0 aliphatic carbocycles. The van der Waals surface area contributed by atoms with Crippen LogP contribution in [0.15, 0.2) is 21.9 Å². The molecule has 24 heavy (non-hydrogen) atoms. The first-order valence-electron chi connectivity index (χ1n) is 7.68. The van der Waals surface area contributed by atoms with Gasteiger partial charge in [0.15, 0.2) is 5.76 Å². The van der Waals surface area contributed by atoms with Crippen molar-refractivity contribution in [2.24, 2.45) is 11.7 Å². The van der Waals surface area contributed by atoms with Crippen LogP contribution in [0.2, 0.25) is 0 Å². The molecule has 0 unspecified atom stereocenters. The van der Waals surface area contributed by atoms with E-state index in [0.717, 1.165) is 10.7 Å². The maximum Gasteiger partial charge on any atom is 0.239 e. The van der Waals surface area contributed by atoms with E-state index in [0.29, 0.717) is 11.5 Å². The summed E-state index contributed by atoms with van der Waals surface area (Å²) in [5, 5.41) is 8.09. The van der Waals surface area contributed by atoms with Crippen molar-refractivity contribution >= 4 is 23.2 Å². The summed E-state index contributed by atoms with van der Waals surface area (Å²) >= 11 is 1.55. The largest absolute Gasteiger partial charge is 0.458 e. The molecule has 0 bridgehead atoms. The second-order valence-corrected chi connectivity index (χ2v) is 6.84. The number of carbonyl (C=O) groups excluding carboxylic acids is 2. The first kappa shape index (κ1) is 18.2. The van der Waals surface area contributed by atoms with Crippen molar-refractivity contribution in [1.29, 1.82) is 0 Å². The third-order valence-electron chi connectivity index (χ3n) is 3.44. The number of hydrogen-bond donors (Lipinski definition) is 3. The maximum absolute atomic E-state index is 11.8. The summed E-state index contributed by atoms with van der Waals surface area (Å²) in [6.07, 6.45) is 0. The van der Waals surface area contributed by atoms with Gasteiger partial charge in [0.2, 0.25) is 11.8 Å². The van der Waals surface area contributed by atoms with E-state index in [-0.39, 0.29) is 30.8 Å². The van der Waals surface area contributed by atoms with Crippen molar-refractivity contribution in [1.82, 2.24) is 15.6 Å². The number of thiazole rings is 1. The highest BCUT2D eigenvalue weighted by Gasteiger charge is 2.17. The van der Waals surface area contributed by atoms with Crippen molar-refractivity contribution in [3.63, 3.8) is 0 Å². The van der Waals surface area contributed by atoms with Crippen LogP contribution in [0.5, 0.6) is 0 Å². The quantitative estimate of drug-likeness (QED) is 0.699. The highest BCUT2D eigenvalue weighted by molar-refractivity contribution is 7.09. The molecule has 0 fully saturated rings. The summed E-state index contributed by atoms with van der Waals surface area (Å²) < 4.78 is 5.65. The van der Waals surface area contributed by atoms with Gasteiger partial charge < -0.3 is 20.8 Å². The molecule has 0 aliphatic rings. The van der Waals surface area contributed by atoms with Gasteiger partial charge in [-0.25, -0.2) is 4.98 Å². The topological polar surface area (TPSA) is 110 Å². The van der Waals surface area contributed by atoms with Gasteiger partial charge in [0.25, 0.3) is 0 Å². The fourth-order valence-corrected chi connectivity index (χ4v) is 2.53. The lowest BCUT2D eigenvalue weighted by Gasteiger charge is -2.14. The van der Waals surface area contributed by atoms with Crippen LogP contribution in [0.4, 0.5) is 0 Å². The molecule has 0 saturated heterocycles. The summed E-state index contributed by atoms with van der Waals surface area (Å²) in [4.78, 5) is 27.8. The third-order valence-corrected chi connectivity index (χ3v) is 4.21. The molecule has 0 aliphatic heterocycles. The lowest BCUT2D eigenvalue weighted by atomic mass is 10.1. The molecule has 2 rings (SSSR count). The van der Waals surface area contributed by atoms with E-state index in [9.17, 15) is 9.59 Å². The van der Waals surface area contributed by atoms with E-state index in [4.69, 9.17) is 10.2 Å². The van der Waals surface area contributed by atoms with Gasteiger partial charge in [-0.1, -0.05) is 13.8 Å². The minimum Gasteiger partial charge on any atom is -0.458 e. The van der Waals surface area contributed by atoms with Gasteiger partial charge in [0.1, 0.15) is 11.5 Å². The first-order chi connectivity index (χ1) is 11.4. The Bertz CT molecular complexity index is 708. The average molecular weight is 350 g/mol. The monoisotopic (exact) mass is 350 g/mol. The number of nitrogens with one attached hydrogen (secondary N) is 2. The lowest BCUT2D eigenvalue weighted by Crippen LogP contribution is -2.47. The number of carbonyl (C=O) groups is 2. The third kappa shape index (κ3) is 4.90. The first-order valence-corrected chi connectivity index (χ1v) is 8.56. The molecule has 0 radical (unpaired) electrons. The number of aryl methyl sites for hydroxylation is 1. The Hall–Kier alpha value is -2.19. The van der Waals surface area contributed by atoms with Gasteiger partial charge in [0, 0.05) is 5.38 Å². The average Bonchev–Trinajstić information content (AvgIpc) is 3.18. The summed E-state index contributed by atoms with van der Waals surface area (Å²) in [5.74, 6) is 0.666. The molecule has 4 N–H and O–H groups in total. The molecule has 2 aromatic rings. The summed E-state index contributed by atoms with van der Waals surface area (Å²) in [6, 6.07) is 2.99. The number of aromatic nitrogens is 1. The smallest absolute Gasteiger partial charge is 0.239 e. The van der Waals surface area contributed by atoms with Gasteiger partial charge in [0.05, 0.1) is 24.1 Å². The number of furan rings is 1. The van der Waals surface area contributed by atoms with Crippen LogP contribution in [0.1, 0.15) is 24.6 Å². The maximum atomic E-state index is 11.8. The van der Waals surface area contributed by atoms with Gasteiger partial charge in [-0.05, 0) is 25.0 Å². The zero-order chi connectivity index (χ0) is 17.7. The van der Waals surface area contributed by atoms with Crippen molar-refractivity contribution in [3.05, 3.63) is 28.3 Å². The molecule has 2 heterocycles. The van der Waals surface area contributed by atoms with Crippen LogP contribution >= 0.6 is 11.3 Å². The van der Waals surface area contributed by atoms with E-state index < -0.39 is 6.04 Å². The van der Waals surface area contributed by atoms with Crippen LogP contribution in [0.3, 0.4) is 0 Å². The van der Waals surface area contributed by atoms with Crippen LogP contribution < -0.4 is 16.4 Å². The molecule has 2 amide bonds. The summed E-state index contributed by atoms with van der Waals surface area (Å²) in [5.41, 5.74) is 6.49. The number of hydrogen-bond acceptors (Lipinski definition) is 6. The second-order valence-electron chi connectivity index (χ2n) is 5.78. The summed E-state index contributed by atoms with van der Waals surface area (Å²) in [7, 11) is 0. The van der Waals surface area contributed by atoms with E-state index in [2.05, 4.69) is 15.6 Å². The molecule has 0 aromatic carbocycles. The Kier molecular flexibility index (Phi) is 6.10. The number of amides is 2. The van der Waals surface area contributed by atoms with E-state index >= 15 is 0 Å². The minimum atomic E-state index is -0.619. The molecular formula is C16H22N4O3S. The highest BCUT2D eigenvalue weighted by Crippen LogP contribution is 2.23. The number of rotatable bonds is 7. The highest BCUT2D eigenvalue weighted by atomic mass is 32.1. The van der Waals surface area contributed by atoms with Crippen molar-refractivity contribution < 1.29 is 14.0 Å². The molecule has 2 aromatic heterocycles. The second kappa shape index (κ2) is 8.07. The fourth-order valence-electron chi connectivity index (χ4n) is 1.92. The van der Waals surface area contributed by atoms with Gasteiger partial charge >= 0.3 is 0 Å². The van der Waals surface area contributed by atoms with Crippen LogP contribution in [0, 0.1) is 12.8 Å². The Balaban J connectivity index is 1.78. The fraction of sp³-hybridized carbons (Fsp3) is 0.438. The predicted molar refractivity (Wildman–Crippen MR) is 92.2 cm³/mol. The molecular weight excluding hydrogens is 328 g/mol. The summed E-state index contributed by atoms with van der Waals surface area (Å²) in [6.45, 7) is 5.76.